The highest BCUT2D eigenvalue weighted by molar-refractivity contribution is 5.75. The number of benzene rings is 1. The van der Waals surface area contributed by atoms with E-state index in [2.05, 4.69) is 41.3 Å². The molecule has 0 saturated carbocycles. The highest BCUT2D eigenvalue weighted by Crippen LogP contribution is 2.14. The van der Waals surface area contributed by atoms with Gasteiger partial charge in [-0.05, 0) is 29.2 Å². The summed E-state index contributed by atoms with van der Waals surface area (Å²) in [4.78, 5) is 4.46. The second-order valence-electron chi connectivity index (χ2n) is 4.93. The van der Waals surface area contributed by atoms with E-state index in [0.29, 0.717) is 6.54 Å². The van der Waals surface area contributed by atoms with Crippen molar-refractivity contribution in [2.24, 2.45) is 5.73 Å². The van der Waals surface area contributed by atoms with Crippen molar-refractivity contribution < 1.29 is 0 Å². The molecule has 2 N–H and O–H groups in total. The Balaban J connectivity index is 1.90. The van der Waals surface area contributed by atoms with Crippen molar-refractivity contribution in [3.63, 3.8) is 0 Å². The molecule has 102 valence electrons. The summed E-state index contributed by atoms with van der Waals surface area (Å²) in [5.41, 5.74) is 10.2. The molecule has 0 radical (unpaired) electrons. The zero-order chi connectivity index (χ0) is 13.9. The van der Waals surface area contributed by atoms with Gasteiger partial charge in [0, 0.05) is 18.1 Å². The van der Waals surface area contributed by atoms with E-state index >= 15 is 0 Å². The van der Waals surface area contributed by atoms with E-state index in [1.165, 1.54) is 11.1 Å². The number of aryl methyl sites for hydroxylation is 1. The van der Waals surface area contributed by atoms with Gasteiger partial charge >= 0.3 is 0 Å². The first-order valence-electron chi connectivity index (χ1n) is 6.88. The lowest BCUT2D eigenvalue weighted by Gasteiger charge is -2.05. The average molecular weight is 266 g/mol. The Morgan fingerprint density at radius 2 is 1.80 bits per heavy atom. The molecule has 0 fully saturated rings. The summed E-state index contributed by atoms with van der Waals surface area (Å²) < 4.78 is 1.93. The number of aromatic nitrogens is 3. The van der Waals surface area contributed by atoms with Crippen LogP contribution in [0.1, 0.15) is 23.6 Å². The maximum atomic E-state index is 5.63. The molecule has 20 heavy (non-hydrogen) atoms. The van der Waals surface area contributed by atoms with Crippen LogP contribution in [-0.2, 0) is 19.5 Å². The first kappa shape index (κ1) is 12.8. The third kappa shape index (κ3) is 2.42. The third-order valence-corrected chi connectivity index (χ3v) is 3.53. The minimum absolute atomic E-state index is 0.507. The van der Waals surface area contributed by atoms with E-state index in [4.69, 9.17) is 5.73 Å². The highest BCUT2D eigenvalue weighted by atomic mass is 15.3. The first-order chi connectivity index (χ1) is 9.80. The van der Waals surface area contributed by atoms with Gasteiger partial charge < -0.3 is 5.73 Å². The van der Waals surface area contributed by atoms with Gasteiger partial charge in [-0.25, -0.2) is 9.67 Å². The van der Waals surface area contributed by atoms with Crippen LogP contribution in [0.3, 0.4) is 0 Å². The maximum absolute atomic E-state index is 5.63. The molecule has 0 atom stereocenters. The zero-order valence-corrected chi connectivity index (χ0v) is 11.6. The van der Waals surface area contributed by atoms with Crippen LogP contribution in [0.2, 0.25) is 0 Å². The average Bonchev–Trinajstić information content (AvgIpc) is 2.90. The van der Waals surface area contributed by atoms with Crippen LogP contribution in [0.5, 0.6) is 0 Å². The minimum atomic E-state index is 0.507. The van der Waals surface area contributed by atoms with Crippen molar-refractivity contribution in [1.82, 2.24) is 14.8 Å². The van der Waals surface area contributed by atoms with Gasteiger partial charge in [-0.3, -0.25) is 0 Å². The molecule has 2 heterocycles. The Hall–Kier alpha value is -2.20. The fourth-order valence-corrected chi connectivity index (χ4v) is 2.30. The molecule has 0 aliphatic heterocycles. The molecule has 3 aromatic rings. The molecule has 2 aromatic heterocycles. The monoisotopic (exact) mass is 266 g/mol. The van der Waals surface area contributed by atoms with Gasteiger partial charge in [-0.2, -0.15) is 5.10 Å². The fourth-order valence-electron chi connectivity index (χ4n) is 2.30. The zero-order valence-electron chi connectivity index (χ0n) is 11.6. The number of nitrogens with zero attached hydrogens (tertiary/aromatic N) is 3. The van der Waals surface area contributed by atoms with Crippen molar-refractivity contribution in [3.05, 3.63) is 59.4 Å². The Kier molecular flexibility index (Phi) is 3.48. The van der Waals surface area contributed by atoms with Crippen molar-refractivity contribution in [3.8, 4) is 0 Å². The highest BCUT2D eigenvalue weighted by Gasteiger charge is 2.05. The molecular weight excluding hydrogens is 248 g/mol. The lowest BCUT2D eigenvalue weighted by Crippen LogP contribution is -2.03. The molecule has 4 nitrogen and oxygen atoms in total. The fraction of sp³-hybridized carbons (Fsp3) is 0.250. The molecule has 1 aromatic carbocycles. The third-order valence-electron chi connectivity index (χ3n) is 3.53. The van der Waals surface area contributed by atoms with Crippen LogP contribution >= 0.6 is 0 Å². The van der Waals surface area contributed by atoms with E-state index in [-0.39, 0.29) is 0 Å². The van der Waals surface area contributed by atoms with Crippen LogP contribution in [-0.4, -0.2) is 14.8 Å². The summed E-state index contributed by atoms with van der Waals surface area (Å²) in [6, 6.07) is 10.7. The molecule has 0 aliphatic carbocycles. The molecular formula is C16H18N4. The van der Waals surface area contributed by atoms with Gasteiger partial charge in [0.2, 0.25) is 0 Å². The predicted octanol–water partition coefficient (Wildman–Crippen LogP) is 2.50. The van der Waals surface area contributed by atoms with Gasteiger partial charge in [0.15, 0.2) is 5.65 Å². The van der Waals surface area contributed by atoms with E-state index in [0.717, 1.165) is 29.6 Å². The lowest BCUT2D eigenvalue weighted by molar-refractivity contribution is 0.704. The van der Waals surface area contributed by atoms with Crippen LogP contribution in [0.15, 0.2) is 42.7 Å². The number of hydrogen-bond donors (Lipinski definition) is 1. The summed E-state index contributed by atoms with van der Waals surface area (Å²) in [6.07, 6.45) is 4.73. The lowest BCUT2D eigenvalue weighted by atomic mass is 10.1. The minimum Gasteiger partial charge on any atom is -0.326 e. The quantitative estimate of drug-likeness (QED) is 0.789. The summed E-state index contributed by atoms with van der Waals surface area (Å²) in [6.45, 7) is 3.41. The Morgan fingerprint density at radius 3 is 2.50 bits per heavy atom. The largest absolute Gasteiger partial charge is 0.326 e. The van der Waals surface area contributed by atoms with E-state index in [9.17, 15) is 0 Å². The van der Waals surface area contributed by atoms with Gasteiger partial charge in [0.05, 0.1) is 12.7 Å². The van der Waals surface area contributed by atoms with Gasteiger partial charge in [-0.15, -0.1) is 0 Å². The molecule has 3 rings (SSSR count). The molecule has 0 saturated heterocycles. The molecule has 0 unspecified atom stereocenters. The smallest absolute Gasteiger partial charge is 0.158 e. The molecule has 4 heteroatoms. The summed E-state index contributed by atoms with van der Waals surface area (Å²) in [7, 11) is 0. The number of hydrogen-bond acceptors (Lipinski definition) is 3. The number of fused-ring (bicyclic) bond motifs is 1. The number of pyridine rings is 1. The maximum Gasteiger partial charge on any atom is 0.158 e. The summed E-state index contributed by atoms with van der Waals surface area (Å²) in [5, 5.41) is 5.46. The molecule has 0 amide bonds. The molecule has 0 aliphatic rings. The Bertz CT molecular complexity index is 713. The van der Waals surface area contributed by atoms with Crippen molar-refractivity contribution in [2.45, 2.75) is 26.4 Å². The standard InChI is InChI=1S/C16H18N4/c1-2-12-3-5-13(6-4-12)11-20-16-15(10-19-20)7-14(8-17)9-18-16/h3-7,9-10H,2,8,11,17H2,1H3. The van der Waals surface area contributed by atoms with Crippen LogP contribution in [0.25, 0.3) is 11.0 Å². The van der Waals surface area contributed by atoms with Crippen molar-refractivity contribution >= 4 is 11.0 Å². The number of nitrogens with two attached hydrogens (primary N) is 1. The summed E-state index contributed by atoms with van der Waals surface area (Å²) >= 11 is 0. The molecule has 0 bridgehead atoms. The summed E-state index contributed by atoms with van der Waals surface area (Å²) in [5.74, 6) is 0. The van der Waals surface area contributed by atoms with Crippen molar-refractivity contribution in [2.75, 3.05) is 0 Å². The normalized spacial score (nSPS) is 11.1. The van der Waals surface area contributed by atoms with E-state index in [1.807, 2.05) is 23.1 Å². The van der Waals surface area contributed by atoms with Gasteiger partial charge in [-0.1, -0.05) is 31.2 Å². The topological polar surface area (TPSA) is 56.7 Å². The van der Waals surface area contributed by atoms with Crippen LogP contribution < -0.4 is 5.73 Å². The second-order valence-corrected chi connectivity index (χ2v) is 4.93. The van der Waals surface area contributed by atoms with Gasteiger partial charge in [0.25, 0.3) is 0 Å². The van der Waals surface area contributed by atoms with E-state index in [1.54, 1.807) is 0 Å². The molecule has 0 spiro atoms. The van der Waals surface area contributed by atoms with E-state index < -0.39 is 0 Å². The Labute approximate surface area is 118 Å². The first-order valence-corrected chi connectivity index (χ1v) is 6.88. The second kappa shape index (κ2) is 5.43. The van der Waals surface area contributed by atoms with Gasteiger partial charge in [0.1, 0.15) is 0 Å². The van der Waals surface area contributed by atoms with Crippen LogP contribution in [0, 0.1) is 0 Å². The van der Waals surface area contributed by atoms with Crippen LogP contribution in [0.4, 0.5) is 0 Å². The predicted molar refractivity (Wildman–Crippen MR) is 80.3 cm³/mol. The Morgan fingerprint density at radius 1 is 1.05 bits per heavy atom. The van der Waals surface area contributed by atoms with Crippen molar-refractivity contribution in [1.29, 1.82) is 0 Å². The SMILES string of the molecule is CCc1ccc(Cn2ncc3cc(CN)cnc32)cc1. The number of rotatable bonds is 4.